The Morgan fingerprint density at radius 3 is 2.47 bits per heavy atom. The molecule has 1 aromatic heterocycles. The van der Waals surface area contributed by atoms with E-state index in [9.17, 15) is 10.2 Å². The van der Waals surface area contributed by atoms with Gasteiger partial charge in [0.2, 0.25) is 0 Å². The Morgan fingerprint density at radius 1 is 1.27 bits per heavy atom. The lowest BCUT2D eigenvalue weighted by Gasteiger charge is -2.20. The van der Waals surface area contributed by atoms with Gasteiger partial charge in [0, 0.05) is 6.20 Å². The third-order valence-corrected chi connectivity index (χ3v) is 1.98. The predicted octanol–water partition coefficient (Wildman–Crippen LogP) is -1.47. The van der Waals surface area contributed by atoms with Gasteiger partial charge in [0.25, 0.3) is 0 Å². The molecule has 0 bridgehead atoms. The maximum absolute atomic E-state index is 9.59. The molecule has 6 heteroatoms. The van der Waals surface area contributed by atoms with E-state index in [0.717, 1.165) is 0 Å². The topological polar surface area (TPSA) is 107 Å². The average molecular weight is 214 g/mol. The molecule has 0 saturated carbocycles. The molecule has 0 aliphatic heterocycles. The van der Waals surface area contributed by atoms with Crippen molar-refractivity contribution < 1.29 is 20.4 Å². The fraction of sp³-hybridized carbons (Fsp3) is 0.556. The second-order valence-corrected chi connectivity index (χ2v) is 3.27. The molecule has 4 N–H and O–H groups in total. The third-order valence-electron chi connectivity index (χ3n) is 1.98. The minimum atomic E-state index is -1.48. The van der Waals surface area contributed by atoms with Gasteiger partial charge in [0.05, 0.1) is 24.2 Å². The predicted molar refractivity (Wildman–Crippen MR) is 50.8 cm³/mol. The van der Waals surface area contributed by atoms with Crippen molar-refractivity contribution in [1.29, 1.82) is 0 Å². The van der Waals surface area contributed by atoms with Gasteiger partial charge < -0.3 is 20.4 Å². The molecule has 0 aliphatic rings. The molecule has 3 atom stereocenters. The van der Waals surface area contributed by atoms with Crippen LogP contribution in [0.5, 0.6) is 0 Å². The SMILES string of the molecule is Cc1cncc([C@H](O)[C@H](O)[C@H](O)CO)n1. The first-order valence-corrected chi connectivity index (χ1v) is 4.50. The van der Waals surface area contributed by atoms with Crippen LogP contribution >= 0.6 is 0 Å². The lowest BCUT2D eigenvalue weighted by Crippen LogP contribution is -2.35. The lowest BCUT2D eigenvalue weighted by atomic mass is 10.1. The first-order valence-electron chi connectivity index (χ1n) is 4.50. The summed E-state index contributed by atoms with van der Waals surface area (Å²) in [6.45, 7) is 1.07. The summed E-state index contributed by atoms with van der Waals surface area (Å²) in [6, 6.07) is 0. The second-order valence-electron chi connectivity index (χ2n) is 3.27. The standard InChI is InChI=1S/C9H14N2O4/c1-5-2-10-3-6(11-5)8(14)9(15)7(13)4-12/h2-3,7-9,12-15H,4H2,1H3/t7-,8+,9-/m1/s1. The number of hydrogen-bond donors (Lipinski definition) is 4. The van der Waals surface area contributed by atoms with E-state index in [4.69, 9.17) is 10.2 Å². The molecule has 0 amide bonds. The van der Waals surface area contributed by atoms with Gasteiger partial charge in [-0.15, -0.1) is 0 Å². The van der Waals surface area contributed by atoms with Gasteiger partial charge in [-0.3, -0.25) is 9.97 Å². The van der Waals surface area contributed by atoms with Crippen LogP contribution in [0.25, 0.3) is 0 Å². The van der Waals surface area contributed by atoms with Crippen LogP contribution in [-0.2, 0) is 0 Å². The summed E-state index contributed by atoms with van der Waals surface area (Å²) in [7, 11) is 0. The van der Waals surface area contributed by atoms with E-state index < -0.39 is 24.9 Å². The molecule has 0 fully saturated rings. The highest BCUT2D eigenvalue weighted by molar-refractivity contribution is 5.06. The smallest absolute Gasteiger partial charge is 0.126 e. The molecular formula is C9H14N2O4. The Hall–Kier alpha value is -1.08. The van der Waals surface area contributed by atoms with E-state index in [1.807, 2.05) is 0 Å². The van der Waals surface area contributed by atoms with Gasteiger partial charge in [0.15, 0.2) is 0 Å². The summed E-state index contributed by atoms with van der Waals surface area (Å²) in [5.74, 6) is 0. The van der Waals surface area contributed by atoms with Crippen LogP contribution in [0.2, 0.25) is 0 Å². The summed E-state index contributed by atoms with van der Waals surface area (Å²) in [5, 5.41) is 36.7. The van der Waals surface area contributed by atoms with Crippen molar-refractivity contribution in [2.24, 2.45) is 0 Å². The number of rotatable bonds is 4. The Bertz CT molecular complexity index is 321. The normalized spacial score (nSPS) is 17.1. The lowest BCUT2D eigenvalue weighted by molar-refractivity contribution is -0.0790. The Morgan fingerprint density at radius 2 is 1.93 bits per heavy atom. The van der Waals surface area contributed by atoms with Crippen LogP contribution in [0.1, 0.15) is 17.5 Å². The van der Waals surface area contributed by atoms with Gasteiger partial charge >= 0.3 is 0 Å². The first kappa shape index (κ1) is 12.0. The molecule has 0 spiro atoms. The molecule has 0 aromatic carbocycles. The highest BCUT2D eigenvalue weighted by Gasteiger charge is 2.26. The minimum absolute atomic E-state index is 0.162. The number of nitrogens with zero attached hydrogens (tertiary/aromatic N) is 2. The summed E-state index contributed by atoms with van der Waals surface area (Å²) in [4.78, 5) is 7.74. The quantitative estimate of drug-likeness (QED) is 0.487. The maximum atomic E-state index is 9.59. The van der Waals surface area contributed by atoms with Crippen molar-refractivity contribution in [3.05, 3.63) is 23.8 Å². The van der Waals surface area contributed by atoms with Crippen molar-refractivity contribution in [2.45, 2.75) is 25.2 Å². The van der Waals surface area contributed by atoms with Crippen molar-refractivity contribution in [3.63, 3.8) is 0 Å². The maximum Gasteiger partial charge on any atom is 0.126 e. The largest absolute Gasteiger partial charge is 0.394 e. The highest BCUT2D eigenvalue weighted by atomic mass is 16.4. The molecule has 15 heavy (non-hydrogen) atoms. The number of hydrogen-bond acceptors (Lipinski definition) is 6. The molecule has 0 unspecified atom stereocenters. The Labute approximate surface area is 86.9 Å². The Balaban J connectivity index is 2.80. The zero-order chi connectivity index (χ0) is 11.4. The molecule has 6 nitrogen and oxygen atoms in total. The monoisotopic (exact) mass is 214 g/mol. The van der Waals surface area contributed by atoms with E-state index in [2.05, 4.69) is 9.97 Å². The van der Waals surface area contributed by atoms with Gasteiger partial charge in [0.1, 0.15) is 18.3 Å². The number of aliphatic hydroxyl groups excluding tert-OH is 4. The number of aliphatic hydroxyl groups is 4. The molecule has 0 aliphatic carbocycles. The summed E-state index contributed by atoms with van der Waals surface area (Å²) in [6.07, 6.45) is -1.44. The van der Waals surface area contributed by atoms with Crippen molar-refractivity contribution in [2.75, 3.05) is 6.61 Å². The number of aromatic nitrogens is 2. The van der Waals surface area contributed by atoms with Crippen LogP contribution in [0.3, 0.4) is 0 Å². The molecular weight excluding hydrogens is 200 g/mol. The van der Waals surface area contributed by atoms with Crippen molar-refractivity contribution in [1.82, 2.24) is 9.97 Å². The van der Waals surface area contributed by atoms with Crippen molar-refractivity contribution >= 4 is 0 Å². The van der Waals surface area contributed by atoms with Crippen LogP contribution in [0, 0.1) is 6.92 Å². The average Bonchev–Trinajstić information content (AvgIpc) is 2.26. The molecule has 1 aromatic rings. The zero-order valence-electron chi connectivity index (χ0n) is 8.28. The number of aryl methyl sites for hydroxylation is 1. The molecule has 1 rings (SSSR count). The van der Waals surface area contributed by atoms with E-state index in [-0.39, 0.29) is 5.69 Å². The Kier molecular flexibility index (Phi) is 4.10. The molecule has 0 radical (unpaired) electrons. The van der Waals surface area contributed by atoms with Crippen LogP contribution in [0.15, 0.2) is 12.4 Å². The van der Waals surface area contributed by atoms with Crippen LogP contribution < -0.4 is 0 Å². The van der Waals surface area contributed by atoms with Gasteiger partial charge in [-0.25, -0.2) is 0 Å². The van der Waals surface area contributed by atoms with E-state index in [1.54, 1.807) is 6.92 Å². The summed E-state index contributed by atoms with van der Waals surface area (Å²) < 4.78 is 0. The van der Waals surface area contributed by atoms with E-state index in [1.165, 1.54) is 12.4 Å². The highest BCUT2D eigenvalue weighted by Crippen LogP contribution is 2.16. The van der Waals surface area contributed by atoms with Gasteiger partial charge in [-0.05, 0) is 6.92 Å². The molecule has 84 valence electrons. The molecule has 1 heterocycles. The minimum Gasteiger partial charge on any atom is -0.394 e. The van der Waals surface area contributed by atoms with E-state index >= 15 is 0 Å². The fourth-order valence-corrected chi connectivity index (χ4v) is 1.12. The fourth-order valence-electron chi connectivity index (χ4n) is 1.12. The summed E-state index contributed by atoms with van der Waals surface area (Å²) >= 11 is 0. The van der Waals surface area contributed by atoms with Crippen LogP contribution in [-0.4, -0.2) is 49.2 Å². The van der Waals surface area contributed by atoms with Gasteiger partial charge in [-0.1, -0.05) is 0 Å². The van der Waals surface area contributed by atoms with Crippen molar-refractivity contribution in [3.8, 4) is 0 Å². The zero-order valence-corrected chi connectivity index (χ0v) is 8.28. The second kappa shape index (κ2) is 5.13. The first-order chi connectivity index (χ1) is 7.06. The third kappa shape index (κ3) is 2.93. The van der Waals surface area contributed by atoms with E-state index in [0.29, 0.717) is 5.69 Å². The molecule has 0 saturated heterocycles. The van der Waals surface area contributed by atoms with Gasteiger partial charge in [-0.2, -0.15) is 0 Å². The van der Waals surface area contributed by atoms with Crippen LogP contribution in [0.4, 0.5) is 0 Å². The summed E-state index contributed by atoms with van der Waals surface area (Å²) in [5.41, 5.74) is 0.757.